The Hall–Kier alpha value is -1.40. The molecule has 2 aromatic carbocycles. The van der Waals surface area contributed by atoms with E-state index < -0.39 is 0 Å². The van der Waals surface area contributed by atoms with Gasteiger partial charge in [0.2, 0.25) is 0 Å². The molecule has 0 radical (unpaired) electrons. The highest BCUT2D eigenvalue weighted by atomic mass is 79.9. The summed E-state index contributed by atoms with van der Waals surface area (Å²) in [5.74, 6) is -0.674. The van der Waals surface area contributed by atoms with Crippen molar-refractivity contribution in [2.75, 3.05) is 11.1 Å². The van der Waals surface area contributed by atoms with E-state index in [0.717, 1.165) is 4.47 Å². The summed E-state index contributed by atoms with van der Waals surface area (Å²) in [6.45, 7) is 1.72. The molecule has 20 heavy (non-hydrogen) atoms. The molecule has 2 aromatic rings. The van der Waals surface area contributed by atoms with Gasteiger partial charge in [-0.1, -0.05) is 15.9 Å². The molecule has 104 valence electrons. The van der Waals surface area contributed by atoms with E-state index in [-0.39, 0.29) is 11.7 Å². The van der Waals surface area contributed by atoms with E-state index in [0.29, 0.717) is 27.0 Å². The Bertz CT molecular complexity index is 669. The molecule has 0 fully saturated rings. The molecular formula is C14H11Br2FN2O. The van der Waals surface area contributed by atoms with E-state index in [9.17, 15) is 9.18 Å². The fourth-order valence-electron chi connectivity index (χ4n) is 1.72. The molecule has 0 aliphatic carbocycles. The number of amides is 1. The van der Waals surface area contributed by atoms with E-state index >= 15 is 0 Å². The number of benzene rings is 2. The maximum Gasteiger partial charge on any atom is 0.255 e. The molecule has 0 saturated heterocycles. The average molecular weight is 402 g/mol. The monoisotopic (exact) mass is 400 g/mol. The van der Waals surface area contributed by atoms with Crippen molar-refractivity contribution >= 4 is 49.1 Å². The zero-order valence-electron chi connectivity index (χ0n) is 10.5. The Morgan fingerprint density at radius 3 is 2.55 bits per heavy atom. The highest BCUT2D eigenvalue weighted by Crippen LogP contribution is 2.25. The standard InChI is InChI=1S/C14H11Br2FN2O/c1-7-2-12(17)11(16)6-13(7)19-14(20)8-3-9(15)5-10(18)4-8/h2-6H,18H2,1H3,(H,19,20). The van der Waals surface area contributed by atoms with Crippen LogP contribution in [0.2, 0.25) is 0 Å². The maximum absolute atomic E-state index is 13.3. The highest BCUT2D eigenvalue weighted by Gasteiger charge is 2.11. The van der Waals surface area contributed by atoms with Gasteiger partial charge in [-0.2, -0.15) is 0 Å². The van der Waals surface area contributed by atoms with Gasteiger partial charge in [-0.25, -0.2) is 4.39 Å². The molecule has 0 aliphatic heterocycles. The molecule has 1 amide bonds. The summed E-state index contributed by atoms with van der Waals surface area (Å²) in [6.07, 6.45) is 0. The molecule has 0 aromatic heterocycles. The summed E-state index contributed by atoms with van der Waals surface area (Å²) < 4.78 is 14.4. The number of hydrogen-bond donors (Lipinski definition) is 2. The Labute approximate surface area is 132 Å². The first-order chi connectivity index (χ1) is 9.36. The van der Waals surface area contributed by atoms with Gasteiger partial charge in [-0.15, -0.1) is 0 Å². The van der Waals surface area contributed by atoms with Gasteiger partial charge in [-0.05, 0) is 58.7 Å². The van der Waals surface area contributed by atoms with Gasteiger partial charge in [0, 0.05) is 21.4 Å². The van der Waals surface area contributed by atoms with Crippen LogP contribution in [0.3, 0.4) is 0 Å². The Kier molecular flexibility index (Phi) is 4.45. The van der Waals surface area contributed by atoms with Gasteiger partial charge >= 0.3 is 0 Å². The number of hydrogen-bond acceptors (Lipinski definition) is 2. The Morgan fingerprint density at radius 1 is 1.20 bits per heavy atom. The maximum atomic E-state index is 13.3. The van der Waals surface area contributed by atoms with Crippen LogP contribution in [0.5, 0.6) is 0 Å². The van der Waals surface area contributed by atoms with E-state index in [1.54, 1.807) is 25.1 Å². The molecule has 0 bridgehead atoms. The number of anilines is 2. The fraction of sp³-hybridized carbons (Fsp3) is 0.0714. The number of nitrogens with two attached hydrogens (primary N) is 1. The third-order valence-corrected chi connectivity index (χ3v) is 3.76. The summed E-state index contributed by atoms with van der Waals surface area (Å²) >= 11 is 6.38. The minimum absolute atomic E-state index is 0.298. The summed E-state index contributed by atoms with van der Waals surface area (Å²) in [5.41, 5.74) is 7.80. The smallest absolute Gasteiger partial charge is 0.255 e. The van der Waals surface area contributed by atoms with Gasteiger partial charge in [0.05, 0.1) is 4.47 Å². The van der Waals surface area contributed by atoms with Crippen LogP contribution in [0.15, 0.2) is 39.3 Å². The molecule has 3 N–H and O–H groups in total. The molecular weight excluding hydrogens is 391 g/mol. The lowest BCUT2D eigenvalue weighted by Crippen LogP contribution is -2.13. The number of halogens is 3. The Balaban J connectivity index is 2.30. The van der Waals surface area contributed by atoms with Crippen LogP contribution in [0.25, 0.3) is 0 Å². The first kappa shape index (κ1) is 15.0. The topological polar surface area (TPSA) is 55.1 Å². The van der Waals surface area contributed by atoms with Crippen LogP contribution >= 0.6 is 31.9 Å². The zero-order chi connectivity index (χ0) is 14.9. The summed E-state index contributed by atoms with van der Waals surface area (Å²) in [5, 5.41) is 2.74. The minimum atomic E-state index is -0.368. The zero-order valence-corrected chi connectivity index (χ0v) is 13.7. The van der Waals surface area contributed by atoms with Crippen molar-refractivity contribution in [3.05, 3.63) is 56.2 Å². The summed E-state index contributed by atoms with van der Waals surface area (Å²) in [6, 6.07) is 7.84. The minimum Gasteiger partial charge on any atom is -0.399 e. The lowest BCUT2D eigenvalue weighted by molar-refractivity contribution is 0.102. The van der Waals surface area contributed by atoms with Crippen molar-refractivity contribution in [1.82, 2.24) is 0 Å². The third kappa shape index (κ3) is 3.37. The Morgan fingerprint density at radius 2 is 1.90 bits per heavy atom. The number of rotatable bonds is 2. The van der Waals surface area contributed by atoms with E-state index in [4.69, 9.17) is 5.73 Å². The largest absolute Gasteiger partial charge is 0.399 e. The highest BCUT2D eigenvalue weighted by molar-refractivity contribution is 9.10. The first-order valence-corrected chi connectivity index (χ1v) is 7.28. The number of nitrogen functional groups attached to an aromatic ring is 1. The predicted molar refractivity (Wildman–Crippen MR) is 85.3 cm³/mol. The van der Waals surface area contributed by atoms with E-state index in [1.807, 2.05) is 0 Å². The summed E-state index contributed by atoms with van der Waals surface area (Å²) in [4.78, 5) is 12.2. The molecule has 3 nitrogen and oxygen atoms in total. The fourth-order valence-corrected chi connectivity index (χ4v) is 2.57. The van der Waals surface area contributed by atoms with Crippen molar-refractivity contribution in [3.8, 4) is 0 Å². The summed E-state index contributed by atoms with van der Waals surface area (Å²) in [7, 11) is 0. The van der Waals surface area contributed by atoms with Crippen LogP contribution in [0.1, 0.15) is 15.9 Å². The molecule has 6 heteroatoms. The van der Waals surface area contributed by atoms with Crippen molar-refractivity contribution < 1.29 is 9.18 Å². The molecule has 0 aliphatic rings. The van der Waals surface area contributed by atoms with Gasteiger partial charge in [0.25, 0.3) is 5.91 Å². The van der Waals surface area contributed by atoms with Crippen molar-refractivity contribution in [2.24, 2.45) is 0 Å². The van der Waals surface area contributed by atoms with Gasteiger partial charge in [0.1, 0.15) is 5.82 Å². The average Bonchev–Trinajstić information content (AvgIpc) is 2.34. The molecule has 0 atom stereocenters. The quantitative estimate of drug-likeness (QED) is 0.728. The normalized spacial score (nSPS) is 10.4. The number of carbonyl (C=O) groups is 1. The lowest BCUT2D eigenvalue weighted by atomic mass is 10.1. The number of carbonyl (C=O) groups excluding carboxylic acids is 1. The molecule has 0 unspecified atom stereocenters. The van der Waals surface area contributed by atoms with Crippen LogP contribution < -0.4 is 11.1 Å². The van der Waals surface area contributed by atoms with Crippen LogP contribution in [-0.4, -0.2) is 5.91 Å². The van der Waals surface area contributed by atoms with Crippen molar-refractivity contribution in [1.29, 1.82) is 0 Å². The number of aryl methyl sites for hydroxylation is 1. The van der Waals surface area contributed by atoms with Crippen LogP contribution in [-0.2, 0) is 0 Å². The SMILES string of the molecule is Cc1cc(F)c(Br)cc1NC(=O)c1cc(N)cc(Br)c1. The second-order valence-electron chi connectivity index (χ2n) is 4.31. The molecule has 0 saturated carbocycles. The molecule has 0 heterocycles. The molecule has 0 spiro atoms. The predicted octanol–water partition coefficient (Wildman–Crippen LogP) is 4.49. The van der Waals surface area contributed by atoms with Gasteiger partial charge in [0.15, 0.2) is 0 Å². The third-order valence-electron chi connectivity index (χ3n) is 2.70. The van der Waals surface area contributed by atoms with Crippen molar-refractivity contribution in [3.63, 3.8) is 0 Å². The second kappa shape index (κ2) is 5.93. The van der Waals surface area contributed by atoms with Crippen LogP contribution in [0.4, 0.5) is 15.8 Å². The van der Waals surface area contributed by atoms with Crippen LogP contribution in [0, 0.1) is 12.7 Å². The second-order valence-corrected chi connectivity index (χ2v) is 6.08. The van der Waals surface area contributed by atoms with E-state index in [2.05, 4.69) is 37.2 Å². The van der Waals surface area contributed by atoms with Gasteiger partial charge in [-0.3, -0.25) is 4.79 Å². The van der Waals surface area contributed by atoms with Gasteiger partial charge < -0.3 is 11.1 Å². The van der Waals surface area contributed by atoms with Crippen molar-refractivity contribution in [2.45, 2.75) is 6.92 Å². The van der Waals surface area contributed by atoms with E-state index in [1.165, 1.54) is 12.1 Å². The molecule has 2 rings (SSSR count). The number of nitrogens with one attached hydrogen (secondary N) is 1. The lowest BCUT2D eigenvalue weighted by Gasteiger charge is -2.10. The first-order valence-electron chi connectivity index (χ1n) is 5.70.